The first-order chi connectivity index (χ1) is 12.1. The Labute approximate surface area is 145 Å². The van der Waals surface area contributed by atoms with Crippen molar-refractivity contribution in [3.05, 3.63) is 20.2 Å². The standard InChI is InChI=1S/C12H18N2O12/c15-7(1-3-13(20)21)24-5-6-9(17)10(18)11(19)12(25-6)26-8(16)2-4-14(22)23/h6,9-12,17-19H,1-5H2. The van der Waals surface area contributed by atoms with Gasteiger partial charge in [-0.15, -0.1) is 0 Å². The summed E-state index contributed by atoms with van der Waals surface area (Å²) in [5, 5.41) is 49.7. The molecule has 148 valence electrons. The summed E-state index contributed by atoms with van der Waals surface area (Å²) in [6.45, 7) is -2.01. The largest absolute Gasteiger partial charge is 0.463 e. The maximum Gasteiger partial charge on any atom is 0.314 e. The zero-order valence-corrected chi connectivity index (χ0v) is 13.3. The van der Waals surface area contributed by atoms with E-state index in [0.717, 1.165) is 0 Å². The predicted molar refractivity (Wildman–Crippen MR) is 76.7 cm³/mol. The number of rotatable bonds is 9. The number of carbonyl (C=O) groups is 2. The highest BCUT2D eigenvalue weighted by Gasteiger charge is 2.46. The van der Waals surface area contributed by atoms with Gasteiger partial charge in [0, 0.05) is 9.85 Å². The van der Waals surface area contributed by atoms with Gasteiger partial charge in [0.15, 0.2) is 0 Å². The van der Waals surface area contributed by atoms with Gasteiger partial charge in [-0.3, -0.25) is 29.8 Å². The van der Waals surface area contributed by atoms with Gasteiger partial charge in [-0.1, -0.05) is 0 Å². The Morgan fingerprint density at radius 1 is 0.923 bits per heavy atom. The normalized spacial score (nSPS) is 28.2. The lowest BCUT2D eigenvalue weighted by atomic mass is 9.99. The van der Waals surface area contributed by atoms with Crippen LogP contribution in [-0.4, -0.2) is 87.5 Å². The molecule has 0 aliphatic carbocycles. The number of hydrogen-bond donors (Lipinski definition) is 3. The minimum absolute atomic E-state index is 0.527. The van der Waals surface area contributed by atoms with Crippen LogP contribution in [0.15, 0.2) is 0 Å². The molecule has 1 heterocycles. The van der Waals surface area contributed by atoms with Crippen LogP contribution in [0.25, 0.3) is 0 Å². The Hall–Kier alpha value is -2.42. The molecule has 0 amide bonds. The average molecular weight is 382 g/mol. The van der Waals surface area contributed by atoms with Crippen molar-refractivity contribution in [3.63, 3.8) is 0 Å². The lowest BCUT2D eigenvalue weighted by Crippen LogP contribution is -2.59. The van der Waals surface area contributed by atoms with Crippen molar-refractivity contribution in [1.82, 2.24) is 0 Å². The average Bonchev–Trinajstić information content (AvgIpc) is 2.57. The van der Waals surface area contributed by atoms with Gasteiger partial charge in [-0.25, -0.2) is 0 Å². The van der Waals surface area contributed by atoms with Crippen molar-refractivity contribution in [2.24, 2.45) is 0 Å². The van der Waals surface area contributed by atoms with Crippen molar-refractivity contribution in [2.45, 2.75) is 43.5 Å². The second-order valence-electron chi connectivity index (χ2n) is 5.30. The minimum Gasteiger partial charge on any atom is -0.463 e. The van der Waals surface area contributed by atoms with Crippen LogP contribution in [0, 0.1) is 20.2 Å². The zero-order valence-electron chi connectivity index (χ0n) is 13.3. The molecule has 0 radical (unpaired) electrons. The summed E-state index contributed by atoms with van der Waals surface area (Å²) < 4.78 is 14.4. The Morgan fingerprint density at radius 2 is 1.46 bits per heavy atom. The number of carbonyl (C=O) groups excluding carboxylic acids is 2. The summed E-state index contributed by atoms with van der Waals surface area (Å²) in [6, 6.07) is 0. The molecule has 1 aliphatic rings. The molecule has 1 rings (SSSR count). The van der Waals surface area contributed by atoms with E-state index in [0.29, 0.717) is 0 Å². The minimum atomic E-state index is -1.84. The van der Waals surface area contributed by atoms with Crippen molar-refractivity contribution in [2.75, 3.05) is 19.7 Å². The number of nitro groups is 2. The first-order valence-electron chi connectivity index (χ1n) is 7.40. The number of hydrogen-bond acceptors (Lipinski definition) is 12. The SMILES string of the molecule is O=C(CC[N+](=O)[O-])OCC1OC(OC(=O)CC[N+](=O)[O-])C(O)C(O)C1O. The van der Waals surface area contributed by atoms with Crippen LogP contribution in [-0.2, 0) is 23.8 Å². The fourth-order valence-electron chi connectivity index (χ4n) is 1.95. The molecule has 3 N–H and O–H groups in total. The Morgan fingerprint density at radius 3 is 2.00 bits per heavy atom. The molecule has 26 heavy (non-hydrogen) atoms. The molecule has 0 bridgehead atoms. The van der Waals surface area contributed by atoms with Gasteiger partial charge in [0.1, 0.15) is 43.9 Å². The van der Waals surface area contributed by atoms with E-state index in [-0.39, 0.29) is 0 Å². The Kier molecular flexibility index (Phi) is 8.24. The smallest absolute Gasteiger partial charge is 0.314 e. The van der Waals surface area contributed by atoms with E-state index in [4.69, 9.17) is 4.74 Å². The van der Waals surface area contributed by atoms with Crippen LogP contribution in [0.4, 0.5) is 0 Å². The van der Waals surface area contributed by atoms with E-state index >= 15 is 0 Å². The molecular formula is C12H18N2O12. The van der Waals surface area contributed by atoms with Crippen LogP contribution in [0.1, 0.15) is 12.8 Å². The quantitative estimate of drug-likeness (QED) is 0.210. The first kappa shape index (κ1) is 21.6. The zero-order chi connectivity index (χ0) is 19.9. The topological polar surface area (TPSA) is 209 Å². The van der Waals surface area contributed by atoms with Gasteiger partial charge in [0.25, 0.3) is 0 Å². The molecule has 5 unspecified atom stereocenters. The highest BCUT2D eigenvalue weighted by molar-refractivity contribution is 5.69. The van der Waals surface area contributed by atoms with E-state index in [1.165, 1.54) is 0 Å². The van der Waals surface area contributed by atoms with E-state index < -0.39 is 85.0 Å². The molecule has 1 fully saturated rings. The maximum atomic E-state index is 11.5. The van der Waals surface area contributed by atoms with Gasteiger partial charge >= 0.3 is 11.9 Å². The maximum absolute atomic E-state index is 11.5. The molecule has 1 aliphatic heterocycles. The molecular weight excluding hydrogens is 364 g/mol. The third kappa shape index (κ3) is 6.83. The molecule has 0 saturated carbocycles. The summed E-state index contributed by atoms with van der Waals surface area (Å²) in [5.41, 5.74) is 0. The van der Waals surface area contributed by atoms with Gasteiger partial charge < -0.3 is 29.5 Å². The van der Waals surface area contributed by atoms with Crippen molar-refractivity contribution in [1.29, 1.82) is 0 Å². The molecule has 14 nitrogen and oxygen atoms in total. The van der Waals surface area contributed by atoms with Crippen LogP contribution in [0.3, 0.4) is 0 Å². The monoisotopic (exact) mass is 382 g/mol. The van der Waals surface area contributed by atoms with E-state index in [9.17, 15) is 45.1 Å². The van der Waals surface area contributed by atoms with Gasteiger partial charge in [0.05, 0.1) is 0 Å². The van der Waals surface area contributed by atoms with Gasteiger partial charge in [-0.2, -0.15) is 0 Å². The van der Waals surface area contributed by atoms with E-state index in [1.807, 2.05) is 0 Å². The number of aliphatic hydroxyl groups is 3. The fourth-order valence-corrected chi connectivity index (χ4v) is 1.95. The lowest BCUT2D eigenvalue weighted by Gasteiger charge is -2.39. The molecule has 0 aromatic heterocycles. The van der Waals surface area contributed by atoms with Gasteiger partial charge in [0.2, 0.25) is 19.4 Å². The first-order valence-corrected chi connectivity index (χ1v) is 7.40. The fraction of sp³-hybridized carbons (Fsp3) is 0.833. The molecule has 14 heteroatoms. The predicted octanol–water partition coefficient (Wildman–Crippen LogP) is -2.79. The molecule has 1 saturated heterocycles. The summed E-state index contributed by atoms with van der Waals surface area (Å²) in [5.74, 6) is -2.05. The van der Waals surface area contributed by atoms with Crippen LogP contribution in [0.2, 0.25) is 0 Å². The van der Waals surface area contributed by atoms with Crippen LogP contribution >= 0.6 is 0 Å². The van der Waals surface area contributed by atoms with Crippen molar-refractivity contribution >= 4 is 11.9 Å². The Bertz CT molecular complexity index is 538. The third-order valence-electron chi connectivity index (χ3n) is 3.32. The Balaban J connectivity index is 2.58. The number of nitrogens with zero attached hydrogens (tertiary/aromatic N) is 2. The van der Waals surface area contributed by atoms with Gasteiger partial charge in [-0.05, 0) is 0 Å². The lowest BCUT2D eigenvalue weighted by molar-refractivity contribution is -0.479. The summed E-state index contributed by atoms with van der Waals surface area (Å²) >= 11 is 0. The second kappa shape index (κ2) is 9.91. The summed E-state index contributed by atoms with van der Waals surface area (Å²) in [7, 11) is 0. The number of esters is 2. The third-order valence-corrected chi connectivity index (χ3v) is 3.32. The van der Waals surface area contributed by atoms with E-state index in [2.05, 4.69) is 9.47 Å². The summed E-state index contributed by atoms with van der Waals surface area (Å²) in [4.78, 5) is 41.7. The summed E-state index contributed by atoms with van der Waals surface area (Å²) in [6.07, 6.45) is -9.66. The number of aliphatic hydroxyl groups excluding tert-OH is 3. The van der Waals surface area contributed by atoms with Crippen LogP contribution in [0.5, 0.6) is 0 Å². The van der Waals surface area contributed by atoms with Crippen molar-refractivity contribution in [3.8, 4) is 0 Å². The van der Waals surface area contributed by atoms with Crippen LogP contribution < -0.4 is 0 Å². The molecule has 0 aromatic carbocycles. The highest BCUT2D eigenvalue weighted by Crippen LogP contribution is 2.23. The highest BCUT2D eigenvalue weighted by atomic mass is 16.7. The number of ether oxygens (including phenoxy) is 3. The second-order valence-corrected chi connectivity index (χ2v) is 5.30. The molecule has 0 aromatic rings. The van der Waals surface area contributed by atoms with Crippen molar-refractivity contribution < 1.29 is 49.0 Å². The van der Waals surface area contributed by atoms with E-state index in [1.54, 1.807) is 0 Å². The molecule has 0 spiro atoms. The molecule has 5 atom stereocenters.